The summed E-state index contributed by atoms with van der Waals surface area (Å²) in [5, 5.41) is 32.9. The summed E-state index contributed by atoms with van der Waals surface area (Å²) in [6, 6.07) is 0. The highest BCUT2D eigenvalue weighted by Gasteiger charge is 2.64. The van der Waals surface area contributed by atoms with Crippen LogP contribution in [0.2, 0.25) is 0 Å². The van der Waals surface area contributed by atoms with Crippen LogP contribution in [-0.2, 0) is 0 Å². The lowest BCUT2D eigenvalue weighted by molar-refractivity contribution is -0.210. The molecule has 176 valence electrons. The molecule has 0 heterocycles. The third-order valence-corrected chi connectivity index (χ3v) is 10.7. The van der Waals surface area contributed by atoms with Crippen molar-refractivity contribution in [2.45, 2.75) is 104 Å². The van der Waals surface area contributed by atoms with Gasteiger partial charge in [0.1, 0.15) is 11.7 Å². The maximum absolute atomic E-state index is 11.6. The monoisotopic (exact) mass is 430 g/mol. The Balaban J connectivity index is 1.61. The summed E-state index contributed by atoms with van der Waals surface area (Å²) in [6.45, 7) is 14.0. The van der Waals surface area contributed by atoms with Crippen LogP contribution in [-0.4, -0.2) is 33.1 Å². The van der Waals surface area contributed by atoms with Crippen molar-refractivity contribution in [1.82, 2.24) is 0 Å². The maximum atomic E-state index is 11.6. The van der Waals surface area contributed by atoms with Gasteiger partial charge in [-0.15, -0.1) is 0 Å². The van der Waals surface area contributed by atoms with Gasteiger partial charge in [0.2, 0.25) is 0 Å². The molecule has 3 fully saturated rings. The van der Waals surface area contributed by atoms with E-state index in [1.54, 1.807) is 0 Å². The van der Waals surface area contributed by atoms with Gasteiger partial charge in [-0.2, -0.15) is 0 Å². The van der Waals surface area contributed by atoms with Gasteiger partial charge in [0.25, 0.3) is 0 Å². The minimum absolute atomic E-state index is 0.271. The molecule has 3 saturated carbocycles. The van der Waals surface area contributed by atoms with Gasteiger partial charge in [-0.3, -0.25) is 0 Å². The lowest BCUT2D eigenvalue weighted by Gasteiger charge is -2.62. The molecule has 4 aliphatic carbocycles. The van der Waals surface area contributed by atoms with Gasteiger partial charge in [0, 0.05) is 11.8 Å². The summed E-state index contributed by atoms with van der Waals surface area (Å²) in [5.74, 6) is 3.37. The standard InChI is InChI=1S/C28H46O3/c1-17(2)18(3)7-8-19(4)22-9-10-23-21-15-25(30)28(31)16-20(29)11-14-27(28,6)24(21)12-13-26(22,23)5/h7-8,15,17-20,22-25,29-31H,9-14,16H2,1-6H3/t18-,19+,20-,22+,23-,24-,25+,26+,27+,28-/m0/s1. The second-order valence-electron chi connectivity index (χ2n) is 12.5. The molecular weight excluding hydrogens is 384 g/mol. The van der Waals surface area contributed by atoms with Gasteiger partial charge < -0.3 is 15.3 Å². The molecule has 10 atom stereocenters. The highest BCUT2D eigenvalue weighted by atomic mass is 16.3. The molecule has 0 spiro atoms. The van der Waals surface area contributed by atoms with Crippen LogP contribution in [0.4, 0.5) is 0 Å². The summed E-state index contributed by atoms with van der Waals surface area (Å²) in [7, 11) is 0. The molecular formula is C28H46O3. The summed E-state index contributed by atoms with van der Waals surface area (Å²) in [4.78, 5) is 0. The zero-order chi connectivity index (χ0) is 22.8. The molecule has 0 aliphatic heterocycles. The summed E-state index contributed by atoms with van der Waals surface area (Å²) in [5.41, 5.74) is 0.160. The first kappa shape index (κ1) is 23.5. The molecule has 4 rings (SSSR count). The molecule has 0 saturated heterocycles. The third kappa shape index (κ3) is 3.49. The molecule has 0 unspecified atom stereocenters. The van der Waals surface area contributed by atoms with Crippen LogP contribution in [0.25, 0.3) is 0 Å². The Kier molecular flexibility index (Phi) is 6.06. The molecule has 0 amide bonds. The van der Waals surface area contributed by atoms with E-state index < -0.39 is 17.8 Å². The van der Waals surface area contributed by atoms with Crippen LogP contribution in [0.5, 0.6) is 0 Å². The fourth-order valence-electron chi connectivity index (χ4n) is 8.16. The Morgan fingerprint density at radius 3 is 2.32 bits per heavy atom. The zero-order valence-corrected chi connectivity index (χ0v) is 20.6. The number of rotatable bonds is 4. The number of aliphatic hydroxyl groups is 3. The van der Waals surface area contributed by atoms with Crippen molar-refractivity contribution in [3.8, 4) is 0 Å². The van der Waals surface area contributed by atoms with Crippen molar-refractivity contribution in [2.24, 2.45) is 46.3 Å². The Bertz CT molecular complexity index is 741. The van der Waals surface area contributed by atoms with Crippen LogP contribution in [0.1, 0.15) is 86.5 Å². The third-order valence-electron chi connectivity index (χ3n) is 10.7. The van der Waals surface area contributed by atoms with Crippen molar-refractivity contribution >= 4 is 0 Å². The quantitative estimate of drug-likeness (QED) is 0.516. The highest BCUT2D eigenvalue weighted by molar-refractivity contribution is 5.33. The average Bonchev–Trinajstić information content (AvgIpc) is 3.05. The van der Waals surface area contributed by atoms with E-state index in [1.807, 2.05) is 6.08 Å². The Morgan fingerprint density at radius 1 is 0.935 bits per heavy atom. The smallest absolute Gasteiger partial charge is 0.102 e. The van der Waals surface area contributed by atoms with Crippen molar-refractivity contribution < 1.29 is 15.3 Å². The first-order chi connectivity index (χ1) is 14.4. The molecule has 0 aromatic rings. The van der Waals surface area contributed by atoms with E-state index in [4.69, 9.17) is 0 Å². The predicted octanol–water partition coefficient (Wildman–Crippen LogP) is 5.50. The van der Waals surface area contributed by atoms with Crippen molar-refractivity contribution in [1.29, 1.82) is 0 Å². The number of allylic oxidation sites excluding steroid dienone is 3. The molecule has 0 aromatic heterocycles. The average molecular weight is 431 g/mol. The molecule has 0 radical (unpaired) electrons. The minimum Gasteiger partial charge on any atom is -0.393 e. The van der Waals surface area contributed by atoms with Gasteiger partial charge in [-0.05, 0) is 79.4 Å². The van der Waals surface area contributed by atoms with Gasteiger partial charge >= 0.3 is 0 Å². The Labute approximate surface area is 190 Å². The van der Waals surface area contributed by atoms with Crippen LogP contribution in [0, 0.1) is 46.3 Å². The van der Waals surface area contributed by atoms with E-state index in [1.165, 1.54) is 24.8 Å². The fourth-order valence-corrected chi connectivity index (χ4v) is 8.16. The zero-order valence-electron chi connectivity index (χ0n) is 20.6. The van der Waals surface area contributed by atoms with Gasteiger partial charge in [-0.25, -0.2) is 0 Å². The van der Waals surface area contributed by atoms with E-state index in [9.17, 15) is 15.3 Å². The van der Waals surface area contributed by atoms with Crippen LogP contribution < -0.4 is 0 Å². The van der Waals surface area contributed by atoms with E-state index in [-0.39, 0.29) is 10.8 Å². The van der Waals surface area contributed by atoms with Crippen LogP contribution in [0.15, 0.2) is 23.8 Å². The van der Waals surface area contributed by atoms with Crippen molar-refractivity contribution in [3.05, 3.63) is 23.8 Å². The van der Waals surface area contributed by atoms with Crippen molar-refractivity contribution in [3.63, 3.8) is 0 Å². The molecule has 3 N–H and O–H groups in total. The maximum Gasteiger partial charge on any atom is 0.102 e. The normalized spacial score (nSPS) is 49.4. The van der Waals surface area contributed by atoms with E-state index >= 15 is 0 Å². The number of hydrogen-bond acceptors (Lipinski definition) is 3. The van der Waals surface area contributed by atoms with Gasteiger partial charge in [0.15, 0.2) is 0 Å². The first-order valence-corrected chi connectivity index (χ1v) is 12.9. The lowest BCUT2D eigenvalue weighted by Crippen LogP contribution is -2.65. The highest BCUT2D eigenvalue weighted by Crippen LogP contribution is 2.67. The van der Waals surface area contributed by atoms with E-state index in [0.29, 0.717) is 41.9 Å². The van der Waals surface area contributed by atoms with Gasteiger partial charge in [0.05, 0.1) is 6.10 Å². The Morgan fingerprint density at radius 2 is 1.65 bits per heavy atom. The number of aliphatic hydroxyl groups excluding tert-OH is 2. The SMILES string of the molecule is CC(C)[C@@H](C)C=C[C@@H](C)[C@H]1CC[C@H]2C3=C[C@@H](O)[C@@]4(O)C[C@@H](O)CC[C@]4(C)[C@H]3CC[C@]12C. The number of hydrogen-bond donors (Lipinski definition) is 3. The molecule has 0 aromatic carbocycles. The summed E-state index contributed by atoms with van der Waals surface area (Å²) < 4.78 is 0. The van der Waals surface area contributed by atoms with Crippen LogP contribution in [0.3, 0.4) is 0 Å². The topological polar surface area (TPSA) is 60.7 Å². The Hall–Kier alpha value is -0.640. The molecule has 0 bridgehead atoms. The fraction of sp³-hybridized carbons (Fsp3) is 0.857. The molecule has 31 heavy (non-hydrogen) atoms. The summed E-state index contributed by atoms with van der Waals surface area (Å²) >= 11 is 0. The second kappa shape index (κ2) is 7.99. The number of fused-ring (bicyclic) bond motifs is 5. The lowest BCUT2D eigenvalue weighted by atomic mass is 9.45. The van der Waals surface area contributed by atoms with E-state index in [0.717, 1.165) is 19.3 Å². The molecule has 3 nitrogen and oxygen atoms in total. The van der Waals surface area contributed by atoms with E-state index in [2.05, 4.69) is 53.7 Å². The molecule has 3 heteroatoms. The van der Waals surface area contributed by atoms with Crippen LogP contribution >= 0.6 is 0 Å². The minimum atomic E-state index is -1.20. The first-order valence-electron chi connectivity index (χ1n) is 12.9. The van der Waals surface area contributed by atoms with Crippen molar-refractivity contribution in [2.75, 3.05) is 0 Å². The van der Waals surface area contributed by atoms with Gasteiger partial charge in [-0.1, -0.05) is 65.3 Å². The largest absolute Gasteiger partial charge is 0.393 e. The second-order valence-corrected chi connectivity index (χ2v) is 12.5. The predicted molar refractivity (Wildman–Crippen MR) is 126 cm³/mol. The summed E-state index contributed by atoms with van der Waals surface area (Å²) in [6.07, 6.45) is 12.1. The molecule has 4 aliphatic rings.